The van der Waals surface area contributed by atoms with Gasteiger partial charge in [0.25, 0.3) is 0 Å². The zero-order valence-electron chi connectivity index (χ0n) is 3.99. The predicted molar refractivity (Wildman–Crippen MR) is 21.4 cm³/mol. The quantitative estimate of drug-likeness (QED) is 0.446. The van der Waals surface area contributed by atoms with Gasteiger partial charge in [-0.25, -0.2) is 4.79 Å². The summed E-state index contributed by atoms with van der Waals surface area (Å²) in [4.78, 5) is 14.5. The maximum atomic E-state index is 10.1. The summed E-state index contributed by atoms with van der Waals surface area (Å²) in [6, 6.07) is 0. The lowest BCUT2D eigenvalue weighted by molar-refractivity contribution is 1.19. The average molecular weight is 85.1 g/mol. The molecule has 32 valence electrons. The highest BCUT2D eigenvalue weighted by Crippen LogP contribution is 1.54. The topological polar surface area (TPSA) is 48.6 Å². The largest absolute Gasteiger partial charge is 0.322 e. The van der Waals surface area contributed by atoms with Gasteiger partial charge in [-0.1, -0.05) is 0 Å². The molecule has 0 spiro atoms. The lowest BCUT2D eigenvalue weighted by Crippen LogP contribution is -1.98. The van der Waals surface area contributed by atoms with Crippen LogP contribution in [0, 0.1) is 0 Å². The number of imidazole rings is 1. The second-order valence-electron chi connectivity index (χ2n) is 0.887. The highest BCUT2D eigenvalue weighted by Gasteiger charge is 1.69. The summed E-state index contributed by atoms with van der Waals surface area (Å²) in [6.07, 6.45) is 1.41. The highest BCUT2D eigenvalue weighted by molar-refractivity contribution is 4.66. The van der Waals surface area contributed by atoms with E-state index in [-0.39, 0.29) is 11.9 Å². The highest BCUT2D eigenvalue weighted by atomic mass is 16.1. The molecule has 3 heteroatoms. The van der Waals surface area contributed by atoms with E-state index < -0.39 is 0 Å². The minimum absolute atomic E-state index is 0.116. The summed E-state index contributed by atoms with van der Waals surface area (Å²) in [5.41, 5.74) is -0.329. The fraction of sp³-hybridized carbons (Fsp3) is 0. The van der Waals surface area contributed by atoms with Crippen LogP contribution in [0.25, 0.3) is 0 Å². The molecule has 3 nitrogen and oxygen atoms in total. The molecule has 2 N–H and O–H groups in total. The number of nitrogens with one attached hydrogen (secondary N) is 2. The molecular weight excluding hydrogens is 80.0 g/mol. The average Bonchev–Trinajstić information content (AvgIpc) is 1.87. The molecule has 0 saturated carbocycles. The van der Waals surface area contributed by atoms with Gasteiger partial charge in [0.2, 0.25) is 0 Å². The Labute approximate surface area is 35.4 Å². The third kappa shape index (κ3) is 0.337. The summed E-state index contributed by atoms with van der Waals surface area (Å²) in [6.45, 7) is 0. The Morgan fingerprint density at radius 3 is 2.83 bits per heavy atom. The number of rotatable bonds is 0. The minimum Gasteiger partial charge on any atom is -0.313 e. The predicted octanol–water partition coefficient (Wildman–Crippen LogP) is -0.297. The van der Waals surface area contributed by atoms with E-state index in [1.807, 2.05) is 0 Å². The van der Waals surface area contributed by atoms with Crippen molar-refractivity contribution in [1.82, 2.24) is 9.97 Å². The van der Waals surface area contributed by atoms with E-state index in [1.165, 1.54) is 6.20 Å². The van der Waals surface area contributed by atoms with Gasteiger partial charge >= 0.3 is 5.69 Å². The third-order valence-electron chi connectivity index (χ3n) is 0.461. The smallest absolute Gasteiger partial charge is 0.313 e. The number of hydrogen-bond acceptors (Lipinski definition) is 1. The van der Waals surface area contributed by atoms with Crippen LogP contribution in [0.2, 0.25) is 0 Å². The van der Waals surface area contributed by atoms with Crippen LogP contribution in [-0.2, 0) is 0 Å². The molecule has 0 unspecified atom stereocenters. The molecule has 6 heavy (non-hydrogen) atoms. The van der Waals surface area contributed by atoms with E-state index in [0.29, 0.717) is 0 Å². The van der Waals surface area contributed by atoms with E-state index in [9.17, 15) is 4.79 Å². The van der Waals surface area contributed by atoms with Crippen LogP contribution in [0.5, 0.6) is 0 Å². The lowest BCUT2D eigenvalue weighted by atomic mass is 11.0. The van der Waals surface area contributed by atoms with Crippen LogP contribution < -0.4 is 5.69 Å². The monoisotopic (exact) mass is 85.0 g/mol. The van der Waals surface area contributed by atoms with Crippen LogP contribution in [0.4, 0.5) is 0 Å². The zero-order chi connectivity index (χ0) is 5.28. The van der Waals surface area contributed by atoms with Crippen molar-refractivity contribution in [2.24, 2.45) is 0 Å². The van der Waals surface area contributed by atoms with Crippen molar-refractivity contribution in [1.29, 1.82) is 0 Å². The molecule has 1 aromatic heterocycles. The second-order valence-corrected chi connectivity index (χ2v) is 0.887. The normalized spacial score (nSPS) is 11.0. The third-order valence-corrected chi connectivity index (χ3v) is 0.461. The minimum atomic E-state index is -0.329. The Morgan fingerprint density at radius 1 is 1.83 bits per heavy atom. The van der Waals surface area contributed by atoms with Gasteiger partial charge < -0.3 is 9.97 Å². The van der Waals surface area contributed by atoms with Crippen molar-refractivity contribution in [2.75, 3.05) is 0 Å². The number of hydrogen-bond donors (Lipinski definition) is 2. The van der Waals surface area contributed by atoms with E-state index in [1.54, 1.807) is 0 Å². The second kappa shape index (κ2) is 1.01. The Kier molecular flexibility index (Phi) is 0.374. The molecular formula is C3H4N2O. The van der Waals surface area contributed by atoms with E-state index >= 15 is 0 Å². The van der Waals surface area contributed by atoms with Crippen LogP contribution in [0.15, 0.2) is 17.2 Å². The van der Waals surface area contributed by atoms with Gasteiger partial charge in [-0.05, 0) is 0 Å². The van der Waals surface area contributed by atoms with Crippen LogP contribution in [-0.4, -0.2) is 9.97 Å². The lowest BCUT2D eigenvalue weighted by Gasteiger charge is -1.52. The van der Waals surface area contributed by atoms with Crippen molar-refractivity contribution in [3.8, 4) is 0 Å². The van der Waals surface area contributed by atoms with Gasteiger partial charge in [-0.15, -0.1) is 0 Å². The molecule has 0 amide bonds. The maximum absolute atomic E-state index is 10.1. The maximum Gasteiger partial charge on any atom is 0.322 e. The summed E-state index contributed by atoms with van der Waals surface area (Å²) in [5, 5.41) is 0. The molecule has 1 rings (SSSR count). The zero-order valence-corrected chi connectivity index (χ0v) is 2.99. The van der Waals surface area contributed by atoms with Gasteiger partial charge in [0.1, 0.15) is 0 Å². The molecule has 0 radical (unpaired) electrons. The Morgan fingerprint density at radius 2 is 2.67 bits per heavy atom. The molecule has 0 aliphatic heterocycles. The van der Waals surface area contributed by atoms with E-state index in [2.05, 4.69) is 9.97 Å². The Hall–Kier alpha value is -0.990. The van der Waals surface area contributed by atoms with E-state index in [0.717, 1.165) is 0 Å². The van der Waals surface area contributed by atoms with Crippen LogP contribution in [0.1, 0.15) is 1.37 Å². The summed E-state index contributed by atoms with van der Waals surface area (Å²) in [5.74, 6) is 0. The van der Waals surface area contributed by atoms with Gasteiger partial charge in [0, 0.05) is 12.4 Å². The Balaban J connectivity index is 3.30. The first-order valence-electron chi connectivity index (χ1n) is 2.03. The first kappa shape index (κ1) is 2.23. The summed E-state index contributed by atoms with van der Waals surface area (Å²) in [7, 11) is 0. The van der Waals surface area contributed by atoms with Crippen molar-refractivity contribution < 1.29 is 1.37 Å². The SMILES string of the molecule is [2H]c1c[nH]c(=O)[nH]1. The summed E-state index contributed by atoms with van der Waals surface area (Å²) >= 11 is 0. The molecule has 1 heterocycles. The molecule has 0 fully saturated rings. The van der Waals surface area contributed by atoms with Crippen molar-refractivity contribution in [2.45, 2.75) is 0 Å². The molecule has 0 aliphatic carbocycles. The standard InChI is InChI=1S/C3H4N2O/c6-3-4-1-2-5-3/h1-2H,(H2,4,5,6)/i1D. The molecule has 1 aromatic rings. The molecule has 0 aromatic carbocycles. The van der Waals surface area contributed by atoms with Gasteiger partial charge in [0.05, 0.1) is 1.37 Å². The van der Waals surface area contributed by atoms with Crippen molar-refractivity contribution in [3.05, 3.63) is 22.9 Å². The van der Waals surface area contributed by atoms with Crippen molar-refractivity contribution in [3.63, 3.8) is 0 Å². The molecule has 0 bridgehead atoms. The van der Waals surface area contributed by atoms with Gasteiger partial charge in [0.15, 0.2) is 0 Å². The number of aromatic amines is 2. The molecule has 0 aliphatic rings. The summed E-state index contributed by atoms with van der Waals surface area (Å²) < 4.78 is 6.73. The van der Waals surface area contributed by atoms with E-state index in [4.69, 9.17) is 1.37 Å². The number of aromatic nitrogens is 2. The fourth-order valence-corrected chi connectivity index (χ4v) is 0.239. The first-order chi connectivity index (χ1) is 3.29. The van der Waals surface area contributed by atoms with Gasteiger partial charge in [-0.2, -0.15) is 0 Å². The number of H-pyrrole nitrogens is 2. The Bertz CT molecular complexity index is 201. The molecule has 0 atom stereocenters. The van der Waals surface area contributed by atoms with Crippen LogP contribution >= 0.6 is 0 Å². The first-order valence-corrected chi connectivity index (χ1v) is 1.53. The van der Waals surface area contributed by atoms with Crippen molar-refractivity contribution >= 4 is 0 Å². The van der Waals surface area contributed by atoms with Crippen LogP contribution in [0.3, 0.4) is 0 Å². The fourth-order valence-electron chi connectivity index (χ4n) is 0.239. The molecule has 0 saturated heterocycles. The van der Waals surface area contributed by atoms with Gasteiger partial charge in [-0.3, -0.25) is 0 Å².